The summed E-state index contributed by atoms with van der Waals surface area (Å²) in [7, 11) is 3.85. The minimum atomic E-state index is -4.91. The molecule has 1 aliphatic heterocycles. The lowest BCUT2D eigenvalue weighted by Gasteiger charge is -2.39. The van der Waals surface area contributed by atoms with Crippen molar-refractivity contribution in [3.63, 3.8) is 0 Å². The minimum absolute atomic E-state index is 0.00254. The summed E-state index contributed by atoms with van der Waals surface area (Å²) in [6.45, 7) is 7.45. The molecule has 2 aromatic carbocycles. The average molecular weight is 562 g/mol. The first-order valence-electron chi connectivity index (χ1n) is 13.1. The third-order valence-corrected chi connectivity index (χ3v) is 7.09. The number of piperazine rings is 1. The Balaban J connectivity index is 2.04. The molecule has 3 aromatic rings. The van der Waals surface area contributed by atoms with Gasteiger partial charge in [0.2, 0.25) is 0 Å². The molecule has 1 fully saturated rings. The molecule has 0 spiro atoms. The highest BCUT2D eigenvalue weighted by Gasteiger charge is 2.39. The fourth-order valence-corrected chi connectivity index (χ4v) is 5.04. The van der Waals surface area contributed by atoms with Crippen molar-refractivity contribution in [1.29, 1.82) is 5.41 Å². The predicted octanol–water partition coefficient (Wildman–Crippen LogP) is 4.86. The van der Waals surface area contributed by atoms with Crippen molar-refractivity contribution < 1.29 is 22.3 Å². The van der Waals surface area contributed by atoms with E-state index in [0.29, 0.717) is 25.1 Å². The molecule has 0 radical (unpaired) electrons. The number of fused-ring (bicyclic) bond motifs is 1. The van der Waals surface area contributed by atoms with Gasteiger partial charge in [-0.3, -0.25) is 0 Å². The maximum absolute atomic E-state index is 16.6. The van der Waals surface area contributed by atoms with Gasteiger partial charge in [0.1, 0.15) is 11.3 Å². The van der Waals surface area contributed by atoms with E-state index < -0.39 is 23.1 Å². The molecule has 0 saturated carbocycles. The molecule has 1 aliphatic rings. The number of hydrogen-bond acceptors (Lipinski definition) is 8. The molecule has 1 saturated heterocycles. The molecule has 0 aliphatic carbocycles. The van der Waals surface area contributed by atoms with E-state index in [4.69, 9.17) is 15.9 Å². The molecule has 0 unspecified atom stereocenters. The van der Waals surface area contributed by atoms with Crippen molar-refractivity contribution in [3.05, 3.63) is 40.7 Å². The minimum Gasteiger partial charge on any atom is -0.463 e. The zero-order valence-corrected chi connectivity index (χ0v) is 23.3. The summed E-state index contributed by atoms with van der Waals surface area (Å²) in [5.74, 6) is -0.986. The van der Waals surface area contributed by atoms with Crippen molar-refractivity contribution >= 4 is 28.6 Å². The first kappa shape index (κ1) is 29.5. The Hall–Kier alpha value is -3.51. The Labute approximate surface area is 231 Å². The molecule has 4 N–H and O–H groups in total. The summed E-state index contributed by atoms with van der Waals surface area (Å²) in [4.78, 5) is 12.7. The van der Waals surface area contributed by atoms with Crippen LogP contribution in [0.15, 0.2) is 18.2 Å². The van der Waals surface area contributed by atoms with E-state index in [2.05, 4.69) is 15.3 Å². The number of hydrogen-bond donors (Lipinski definition) is 3. The summed E-state index contributed by atoms with van der Waals surface area (Å²) >= 11 is 0. The number of halogens is 4. The Morgan fingerprint density at radius 1 is 1.23 bits per heavy atom. The summed E-state index contributed by atoms with van der Waals surface area (Å²) < 4.78 is 66.3. The number of nitrogen functional groups attached to an aromatic ring is 1. The van der Waals surface area contributed by atoms with Crippen LogP contribution in [0.3, 0.4) is 0 Å². The van der Waals surface area contributed by atoms with E-state index in [9.17, 15) is 13.2 Å². The van der Waals surface area contributed by atoms with E-state index in [1.165, 1.54) is 12.1 Å². The lowest BCUT2D eigenvalue weighted by molar-refractivity contribution is -0.137. The zero-order chi connectivity index (χ0) is 29.4. The SMILES string of the molecule is Cc1ccc(N)c(C=N)c1-c1c(C(F)(F)F)cc2c(N3C[C@@H](C)NC[C@@H]3C)nc(OCCCN(C)C)nc2c1F. The van der Waals surface area contributed by atoms with Gasteiger partial charge in [0.15, 0.2) is 5.82 Å². The molecule has 8 nitrogen and oxygen atoms in total. The van der Waals surface area contributed by atoms with Crippen LogP contribution < -0.4 is 20.7 Å². The van der Waals surface area contributed by atoms with Crippen molar-refractivity contribution in [2.24, 2.45) is 0 Å². The topological polar surface area (TPSA) is 103 Å². The quantitative estimate of drug-likeness (QED) is 0.156. The van der Waals surface area contributed by atoms with E-state index in [-0.39, 0.29) is 58.2 Å². The largest absolute Gasteiger partial charge is 0.463 e. The maximum Gasteiger partial charge on any atom is 0.417 e. The second-order valence-corrected chi connectivity index (χ2v) is 10.6. The summed E-state index contributed by atoms with van der Waals surface area (Å²) in [6.07, 6.45) is -3.42. The number of nitrogens with zero attached hydrogens (tertiary/aromatic N) is 4. The standard InChI is InChI=1S/C28H35F4N7O/c1-15-7-8-21(34)19(12-33)22(15)23-20(28(30,31)32)11-18-25(24(23)29)36-27(40-10-6-9-38(4)5)37-26(18)39-14-16(2)35-13-17(39)3/h7-8,11-12,16-17,33,35H,6,9-10,13-14,34H2,1-5H3/t16-,17+/m1/s1. The summed E-state index contributed by atoms with van der Waals surface area (Å²) in [5.41, 5.74) is 4.15. The second kappa shape index (κ2) is 11.5. The number of aryl methyl sites for hydroxylation is 1. The van der Waals surface area contributed by atoms with Crippen molar-refractivity contribution in [2.45, 2.75) is 45.5 Å². The molecule has 12 heteroatoms. The maximum atomic E-state index is 16.6. The normalized spacial score (nSPS) is 18.0. The van der Waals surface area contributed by atoms with Crippen molar-refractivity contribution in [1.82, 2.24) is 20.2 Å². The van der Waals surface area contributed by atoms with Gasteiger partial charge in [0.25, 0.3) is 0 Å². The van der Waals surface area contributed by atoms with Crippen LogP contribution in [0.5, 0.6) is 6.01 Å². The smallest absolute Gasteiger partial charge is 0.417 e. The van der Waals surface area contributed by atoms with Gasteiger partial charge in [-0.1, -0.05) is 6.07 Å². The Bertz CT molecular complexity index is 1410. The van der Waals surface area contributed by atoms with Crippen LogP contribution in [0.4, 0.5) is 29.1 Å². The van der Waals surface area contributed by atoms with Gasteiger partial charge in [-0.25, -0.2) is 4.39 Å². The molecule has 0 bridgehead atoms. The fourth-order valence-electron chi connectivity index (χ4n) is 5.04. The molecule has 2 atom stereocenters. The lowest BCUT2D eigenvalue weighted by atomic mass is 9.89. The average Bonchev–Trinajstić information content (AvgIpc) is 2.88. The second-order valence-electron chi connectivity index (χ2n) is 10.6. The van der Waals surface area contributed by atoms with Crippen LogP contribution in [-0.4, -0.2) is 73.5 Å². The molecule has 2 heterocycles. The molecular formula is C28H35F4N7O. The number of rotatable bonds is 8. The van der Waals surface area contributed by atoms with Gasteiger partial charge in [-0.05, 0) is 64.5 Å². The van der Waals surface area contributed by atoms with Crippen LogP contribution in [0.2, 0.25) is 0 Å². The summed E-state index contributed by atoms with van der Waals surface area (Å²) in [5, 5.41) is 11.1. The van der Waals surface area contributed by atoms with Gasteiger partial charge in [0, 0.05) is 60.1 Å². The number of nitrogens with two attached hydrogens (primary N) is 1. The van der Waals surface area contributed by atoms with Gasteiger partial charge in [0.05, 0.1) is 12.2 Å². The highest BCUT2D eigenvalue weighted by Crippen LogP contribution is 2.45. The lowest BCUT2D eigenvalue weighted by Crippen LogP contribution is -2.54. The van der Waals surface area contributed by atoms with Gasteiger partial charge >= 0.3 is 12.2 Å². The van der Waals surface area contributed by atoms with E-state index >= 15 is 4.39 Å². The third kappa shape index (κ3) is 5.83. The van der Waals surface area contributed by atoms with Crippen LogP contribution in [0, 0.1) is 18.2 Å². The highest BCUT2D eigenvalue weighted by atomic mass is 19.4. The van der Waals surface area contributed by atoms with E-state index in [0.717, 1.165) is 18.8 Å². The molecule has 40 heavy (non-hydrogen) atoms. The van der Waals surface area contributed by atoms with E-state index in [1.54, 1.807) is 6.92 Å². The van der Waals surface area contributed by atoms with Crippen LogP contribution in [0.25, 0.3) is 22.0 Å². The number of aromatic nitrogens is 2. The fraction of sp³-hybridized carbons (Fsp3) is 0.464. The van der Waals surface area contributed by atoms with Crippen molar-refractivity contribution in [2.75, 3.05) is 51.0 Å². The van der Waals surface area contributed by atoms with Crippen molar-refractivity contribution in [3.8, 4) is 17.1 Å². The molecule has 0 amide bonds. The predicted molar refractivity (Wildman–Crippen MR) is 150 cm³/mol. The first-order valence-corrected chi connectivity index (χ1v) is 13.1. The van der Waals surface area contributed by atoms with Gasteiger partial charge < -0.3 is 31.0 Å². The Kier molecular flexibility index (Phi) is 8.50. The summed E-state index contributed by atoms with van der Waals surface area (Å²) in [6, 6.07) is 3.69. The Morgan fingerprint density at radius 2 is 1.95 bits per heavy atom. The Morgan fingerprint density at radius 3 is 2.60 bits per heavy atom. The third-order valence-electron chi connectivity index (χ3n) is 7.09. The van der Waals surface area contributed by atoms with Crippen LogP contribution >= 0.6 is 0 Å². The molecular weight excluding hydrogens is 526 g/mol. The van der Waals surface area contributed by atoms with Gasteiger partial charge in [-0.2, -0.15) is 23.1 Å². The van der Waals surface area contributed by atoms with Crippen LogP contribution in [0.1, 0.15) is 37.0 Å². The molecule has 4 rings (SSSR count). The van der Waals surface area contributed by atoms with E-state index in [1.807, 2.05) is 37.7 Å². The molecule has 216 valence electrons. The molecule has 1 aromatic heterocycles. The number of anilines is 2. The monoisotopic (exact) mass is 561 g/mol. The van der Waals surface area contributed by atoms with Crippen LogP contribution in [-0.2, 0) is 6.18 Å². The number of alkyl halides is 3. The zero-order valence-electron chi connectivity index (χ0n) is 23.3. The van der Waals surface area contributed by atoms with Gasteiger partial charge in [-0.15, -0.1) is 0 Å². The first-order chi connectivity index (χ1) is 18.8. The highest BCUT2D eigenvalue weighted by molar-refractivity contribution is 6.01. The number of nitrogens with one attached hydrogen (secondary N) is 2. The number of benzene rings is 2. The number of ether oxygens (including phenoxy) is 1.